The minimum absolute atomic E-state index is 0.106. The number of hydrogen-bond donors (Lipinski definition) is 3. The first-order valence-corrected chi connectivity index (χ1v) is 7.48. The molecule has 0 aromatic rings. The highest BCUT2D eigenvalue weighted by atomic mass is 16.5. The topological polar surface area (TPSA) is 87.7 Å². The van der Waals surface area contributed by atoms with Crippen molar-refractivity contribution in [1.82, 2.24) is 10.6 Å². The highest BCUT2D eigenvalue weighted by Gasteiger charge is 2.26. The summed E-state index contributed by atoms with van der Waals surface area (Å²) in [6, 6.07) is -0.0470. The molecule has 0 aliphatic heterocycles. The zero-order chi connectivity index (χ0) is 14.8. The van der Waals surface area contributed by atoms with E-state index in [-0.39, 0.29) is 18.0 Å². The van der Waals surface area contributed by atoms with Crippen molar-refractivity contribution in [2.75, 3.05) is 19.8 Å². The molecule has 6 heteroatoms. The van der Waals surface area contributed by atoms with Gasteiger partial charge in [0.05, 0.1) is 5.92 Å². The van der Waals surface area contributed by atoms with Crippen molar-refractivity contribution < 1.29 is 19.4 Å². The van der Waals surface area contributed by atoms with Gasteiger partial charge in [0.25, 0.3) is 0 Å². The average Bonchev–Trinajstić information content (AvgIpc) is 2.43. The van der Waals surface area contributed by atoms with E-state index in [0.717, 1.165) is 38.9 Å². The van der Waals surface area contributed by atoms with Gasteiger partial charge in [-0.1, -0.05) is 0 Å². The average molecular weight is 286 g/mol. The van der Waals surface area contributed by atoms with Crippen molar-refractivity contribution in [3.63, 3.8) is 0 Å². The molecule has 0 heterocycles. The van der Waals surface area contributed by atoms with E-state index in [1.807, 2.05) is 6.92 Å². The van der Waals surface area contributed by atoms with Crippen LogP contribution in [0.4, 0.5) is 4.79 Å². The monoisotopic (exact) mass is 286 g/mol. The predicted molar refractivity (Wildman–Crippen MR) is 75.6 cm³/mol. The predicted octanol–water partition coefficient (Wildman–Crippen LogP) is 1.75. The van der Waals surface area contributed by atoms with E-state index in [0.29, 0.717) is 19.4 Å². The molecule has 0 radical (unpaired) electrons. The summed E-state index contributed by atoms with van der Waals surface area (Å²) in [6.45, 7) is 4.07. The number of unbranched alkanes of at least 4 members (excludes halogenated alkanes) is 1. The van der Waals surface area contributed by atoms with Crippen molar-refractivity contribution in [3.05, 3.63) is 0 Å². The summed E-state index contributed by atoms with van der Waals surface area (Å²) >= 11 is 0. The highest BCUT2D eigenvalue weighted by molar-refractivity contribution is 5.74. The zero-order valence-electron chi connectivity index (χ0n) is 12.2. The lowest BCUT2D eigenvalue weighted by Crippen LogP contribution is -2.44. The summed E-state index contributed by atoms with van der Waals surface area (Å²) in [5.74, 6) is -0.961. The molecule has 0 bridgehead atoms. The molecule has 6 nitrogen and oxygen atoms in total. The first-order valence-electron chi connectivity index (χ1n) is 7.48. The van der Waals surface area contributed by atoms with Crippen LogP contribution < -0.4 is 10.6 Å². The van der Waals surface area contributed by atoms with Gasteiger partial charge in [0.15, 0.2) is 0 Å². The lowest BCUT2D eigenvalue weighted by atomic mass is 9.86. The largest absolute Gasteiger partial charge is 0.481 e. The number of carboxylic acid groups (broad SMARTS) is 1. The van der Waals surface area contributed by atoms with E-state index < -0.39 is 5.97 Å². The van der Waals surface area contributed by atoms with Gasteiger partial charge < -0.3 is 20.5 Å². The molecule has 0 aromatic heterocycles. The van der Waals surface area contributed by atoms with Crippen LogP contribution in [0, 0.1) is 5.92 Å². The number of urea groups is 1. The fourth-order valence-corrected chi connectivity index (χ4v) is 2.40. The Kier molecular flexibility index (Phi) is 8.02. The number of hydrogen-bond acceptors (Lipinski definition) is 3. The van der Waals surface area contributed by atoms with Crippen molar-refractivity contribution >= 4 is 12.0 Å². The molecule has 2 amide bonds. The number of rotatable bonds is 8. The van der Waals surface area contributed by atoms with E-state index in [4.69, 9.17) is 9.84 Å². The maximum absolute atomic E-state index is 11.6. The molecule has 0 spiro atoms. The summed E-state index contributed by atoms with van der Waals surface area (Å²) in [6.07, 6.45) is 4.63. The van der Waals surface area contributed by atoms with Gasteiger partial charge in [-0.15, -0.1) is 0 Å². The molecular weight excluding hydrogens is 260 g/mol. The van der Waals surface area contributed by atoms with Gasteiger partial charge >= 0.3 is 12.0 Å². The Labute approximate surface area is 120 Å². The molecular formula is C14H26N2O4. The van der Waals surface area contributed by atoms with Crippen molar-refractivity contribution in [1.29, 1.82) is 0 Å². The van der Waals surface area contributed by atoms with Gasteiger partial charge in [0.2, 0.25) is 0 Å². The Morgan fingerprint density at radius 2 is 1.90 bits per heavy atom. The molecule has 0 saturated heterocycles. The van der Waals surface area contributed by atoms with Gasteiger partial charge in [-0.2, -0.15) is 0 Å². The number of amides is 2. The Balaban J connectivity index is 2.04. The molecule has 0 atom stereocenters. The fraction of sp³-hybridized carbons (Fsp3) is 0.857. The first-order chi connectivity index (χ1) is 9.63. The summed E-state index contributed by atoms with van der Waals surface area (Å²) in [7, 11) is 0. The number of nitrogens with one attached hydrogen (secondary N) is 2. The van der Waals surface area contributed by atoms with Gasteiger partial charge in [-0.3, -0.25) is 4.79 Å². The molecule has 116 valence electrons. The van der Waals surface area contributed by atoms with E-state index >= 15 is 0 Å². The second kappa shape index (κ2) is 9.58. The summed E-state index contributed by atoms with van der Waals surface area (Å²) in [4.78, 5) is 22.5. The van der Waals surface area contributed by atoms with Crippen molar-refractivity contribution in [3.8, 4) is 0 Å². The van der Waals surface area contributed by atoms with Crippen LogP contribution in [0.5, 0.6) is 0 Å². The standard InChI is InChI=1S/C14H26N2O4/c1-2-20-10-4-3-9-15-14(19)16-12-7-5-11(6-8-12)13(17)18/h11-12H,2-10H2,1H3,(H,17,18)(H2,15,16,19). The smallest absolute Gasteiger partial charge is 0.315 e. The van der Waals surface area contributed by atoms with E-state index in [2.05, 4.69) is 10.6 Å². The summed E-state index contributed by atoms with van der Waals surface area (Å²) in [5.41, 5.74) is 0. The van der Waals surface area contributed by atoms with E-state index in [1.165, 1.54) is 0 Å². The van der Waals surface area contributed by atoms with Crippen LogP contribution >= 0.6 is 0 Å². The van der Waals surface area contributed by atoms with Crippen LogP contribution in [0.25, 0.3) is 0 Å². The van der Waals surface area contributed by atoms with Crippen LogP contribution in [0.15, 0.2) is 0 Å². The fourth-order valence-electron chi connectivity index (χ4n) is 2.40. The number of carbonyl (C=O) groups is 2. The van der Waals surface area contributed by atoms with Crippen molar-refractivity contribution in [2.45, 2.75) is 51.5 Å². The molecule has 1 fully saturated rings. The summed E-state index contributed by atoms with van der Waals surface area (Å²) in [5, 5.41) is 14.6. The molecule has 3 N–H and O–H groups in total. The molecule has 0 unspecified atom stereocenters. The Bertz CT molecular complexity index is 302. The van der Waals surface area contributed by atoms with E-state index in [1.54, 1.807) is 0 Å². The molecule has 0 aromatic carbocycles. The SMILES string of the molecule is CCOCCCCNC(=O)NC1CCC(C(=O)O)CC1. The van der Waals surface area contributed by atoms with Crippen molar-refractivity contribution in [2.24, 2.45) is 5.92 Å². The third kappa shape index (κ3) is 6.75. The third-order valence-corrected chi connectivity index (χ3v) is 3.62. The van der Waals surface area contributed by atoms with Crippen LogP contribution in [-0.4, -0.2) is 42.9 Å². The van der Waals surface area contributed by atoms with Gasteiger partial charge in [0, 0.05) is 25.8 Å². The number of carbonyl (C=O) groups excluding carboxylic acids is 1. The maximum Gasteiger partial charge on any atom is 0.315 e. The first kappa shape index (κ1) is 16.8. The summed E-state index contributed by atoms with van der Waals surface area (Å²) < 4.78 is 5.22. The number of ether oxygens (including phenoxy) is 1. The number of carboxylic acids is 1. The van der Waals surface area contributed by atoms with Crippen LogP contribution in [0.1, 0.15) is 45.4 Å². The van der Waals surface area contributed by atoms with Crippen LogP contribution in [-0.2, 0) is 9.53 Å². The minimum Gasteiger partial charge on any atom is -0.481 e. The second-order valence-electron chi connectivity index (χ2n) is 5.19. The normalized spacial score (nSPS) is 22.2. The lowest BCUT2D eigenvalue weighted by molar-refractivity contribution is -0.142. The van der Waals surface area contributed by atoms with Crippen LogP contribution in [0.2, 0.25) is 0 Å². The minimum atomic E-state index is -0.720. The maximum atomic E-state index is 11.6. The lowest BCUT2D eigenvalue weighted by Gasteiger charge is -2.26. The quantitative estimate of drug-likeness (QED) is 0.593. The van der Waals surface area contributed by atoms with Gasteiger partial charge in [-0.05, 0) is 45.4 Å². The Morgan fingerprint density at radius 1 is 1.20 bits per heavy atom. The second-order valence-corrected chi connectivity index (χ2v) is 5.19. The molecule has 1 saturated carbocycles. The van der Waals surface area contributed by atoms with Crippen LogP contribution in [0.3, 0.4) is 0 Å². The zero-order valence-corrected chi connectivity index (χ0v) is 12.2. The molecule has 1 aliphatic carbocycles. The third-order valence-electron chi connectivity index (χ3n) is 3.62. The number of aliphatic carboxylic acids is 1. The molecule has 20 heavy (non-hydrogen) atoms. The van der Waals surface area contributed by atoms with E-state index in [9.17, 15) is 9.59 Å². The van der Waals surface area contributed by atoms with Gasteiger partial charge in [0.1, 0.15) is 0 Å². The van der Waals surface area contributed by atoms with Gasteiger partial charge in [-0.25, -0.2) is 4.79 Å². The Morgan fingerprint density at radius 3 is 2.50 bits per heavy atom. The highest BCUT2D eigenvalue weighted by Crippen LogP contribution is 2.24. The molecule has 1 aliphatic rings. The Hall–Kier alpha value is -1.30. The molecule has 1 rings (SSSR count).